The summed E-state index contributed by atoms with van der Waals surface area (Å²) in [6.07, 6.45) is 4.39. The third-order valence-electron chi connectivity index (χ3n) is 4.28. The Morgan fingerprint density at radius 2 is 1.82 bits per heavy atom. The van der Waals surface area contributed by atoms with E-state index in [2.05, 4.69) is 4.72 Å². The fraction of sp³-hybridized carbons (Fsp3) is 0.278. The van der Waals surface area contributed by atoms with Crippen LogP contribution in [0.15, 0.2) is 58.1 Å². The van der Waals surface area contributed by atoms with Gasteiger partial charge in [0, 0.05) is 19.2 Å². The van der Waals surface area contributed by atoms with Crippen molar-refractivity contribution in [2.45, 2.75) is 11.4 Å². The van der Waals surface area contributed by atoms with Crippen LogP contribution in [0.4, 0.5) is 0 Å². The van der Waals surface area contributed by atoms with Gasteiger partial charge in [-0.25, -0.2) is 21.6 Å². The molecule has 0 bridgehead atoms. The smallest absolute Gasteiger partial charge is 0.246 e. The fourth-order valence-corrected chi connectivity index (χ4v) is 4.82. The molecule has 1 aliphatic heterocycles. The first kappa shape index (κ1) is 20.3. The zero-order valence-corrected chi connectivity index (χ0v) is 16.6. The second-order valence-corrected chi connectivity index (χ2v) is 10.4. The topological polar surface area (TPSA) is 114 Å². The Morgan fingerprint density at radius 1 is 1.14 bits per heavy atom. The van der Waals surface area contributed by atoms with E-state index in [4.69, 9.17) is 4.42 Å². The maximum Gasteiger partial charge on any atom is 0.246 e. The number of furan rings is 1. The predicted octanol–water partition coefficient (Wildman–Crippen LogP) is 1.03. The van der Waals surface area contributed by atoms with Gasteiger partial charge in [-0.15, -0.1) is 0 Å². The minimum absolute atomic E-state index is 0.0237. The molecule has 0 aliphatic carbocycles. The molecule has 1 aromatic heterocycles. The lowest BCUT2D eigenvalue weighted by atomic mass is 10.2. The summed E-state index contributed by atoms with van der Waals surface area (Å²) in [5.41, 5.74) is 0.656. The summed E-state index contributed by atoms with van der Waals surface area (Å²) in [6, 6.07) is 9.42. The predicted molar refractivity (Wildman–Crippen MR) is 103 cm³/mol. The molecule has 10 heteroatoms. The summed E-state index contributed by atoms with van der Waals surface area (Å²) in [6.45, 7) is 0.422. The highest BCUT2D eigenvalue weighted by atomic mass is 32.2. The van der Waals surface area contributed by atoms with Crippen LogP contribution in [0, 0.1) is 0 Å². The van der Waals surface area contributed by atoms with Gasteiger partial charge in [-0.3, -0.25) is 4.79 Å². The molecule has 1 saturated heterocycles. The number of sulfonamides is 1. The second-order valence-electron chi connectivity index (χ2n) is 6.28. The minimum atomic E-state index is -3.68. The molecule has 28 heavy (non-hydrogen) atoms. The van der Waals surface area contributed by atoms with E-state index in [9.17, 15) is 21.6 Å². The van der Waals surface area contributed by atoms with Gasteiger partial charge < -0.3 is 9.32 Å². The van der Waals surface area contributed by atoms with E-state index in [0.717, 1.165) is 0 Å². The van der Waals surface area contributed by atoms with E-state index in [0.29, 0.717) is 11.3 Å². The van der Waals surface area contributed by atoms with Gasteiger partial charge in [0.25, 0.3) is 0 Å². The highest BCUT2D eigenvalue weighted by Crippen LogP contribution is 2.13. The number of nitrogens with one attached hydrogen (secondary N) is 1. The average Bonchev–Trinajstić information content (AvgIpc) is 3.19. The van der Waals surface area contributed by atoms with Crippen LogP contribution in [0.2, 0.25) is 0 Å². The molecule has 0 spiro atoms. The van der Waals surface area contributed by atoms with Gasteiger partial charge in [0.2, 0.25) is 15.9 Å². The molecule has 1 aliphatic rings. The number of carbonyl (C=O) groups excluding carboxylic acids is 1. The van der Waals surface area contributed by atoms with Crippen LogP contribution in [0.5, 0.6) is 0 Å². The first-order valence-corrected chi connectivity index (χ1v) is 11.9. The van der Waals surface area contributed by atoms with Crippen LogP contribution < -0.4 is 4.72 Å². The Kier molecular flexibility index (Phi) is 6.01. The molecule has 0 radical (unpaired) electrons. The Balaban J connectivity index is 1.59. The van der Waals surface area contributed by atoms with E-state index in [-0.39, 0.29) is 41.9 Å². The molecule has 0 atom stereocenters. The fourth-order valence-electron chi connectivity index (χ4n) is 2.63. The zero-order chi connectivity index (χ0) is 20.2. The lowest BCUT2D eigenvalue weighted by molar-refractivity contribution is -0.125. The lowest BCUT2D eigenvalue weighted by Gasteiger charge is -2.25. The van der Waals surface area contributed by atoms with Gasteiger partial charge in [0.15, 0.2) is 9.84 Å². The molecule has 1 fully saturated rings. The molecule has 150 valence electrons. The van der Waals surface area contributed by atoms with Crippen molar-refractivity contribution in [1.82, 2.24) is 9.62 Å². The van der Waals surface area contributed by atoms with Crippen molar-refractivity contribution in [2.24, 2.45) is 0 Å². The van der Waals surface area contributed by atoms with E-state index in [1.807, 2.05) is 0 Å². The summed E-state index contributed by atoms with van der Waals surface area (Å²) in [7, 11) is -6.72. The van der Waals surface area contributed by atoms with Gasteiger partial charge in [0.05, 0.1) is 29.2 Å². The van der Waals surface area contributed by atoms with Crippen LogP contribution in [-0.2, 0) is 31.2 Å². The Bertz CT molecular complexity index is 1040. The molecule has 1 amide bonds. The van der Waals surface area contributed by atoms with Crippen molar-refractivity contribution in [3.63, 3.8) is 0 Å². The average molecular weight is 425 g/mol. The third kappa shape index (κ3) is 5.31. The first-order chi connectivity index (χ1) is 13.3. The molecule has 3 rings (SSSR count). The summed E-state index contributed by atoms with van der Waals surface area (Å²) in [5.74, 6) is 0.188. The third-order valence-corrected chi connectivity index (χ3v) is 7.31. The van der Waals surface area contributed by atoms with Crippen molar-refractivity contribution in [1.29, 1.82) is 0 Å². The van der Waals surface area contributed by atoms with Crippen LogP contribution in [0.1, 0.15) is 11.3 Å². The number of amides is 1. The molecular weight excluding hydrogens is 404 g/mol. The standard InChI is InChI=1S/C18H20N2O6S2/c21-18(20-9-12-27(22,23)13-10-20)8-5-15-3-6-17(7-4-15)28(24,25)19-14-16-2-1-11-26-16/h1-8,11,19H,9-10,12-14H2/b8-5+. The highest BCUT2D eigenvalue weighted by Gasteiger charge is 2.23. The van der Waals surface area contributed by atoms with Crippen LogP contribution >= 0.6 is 0 Å². The van der Waals surface area contributed by atoms with E-state index < -0.39 is 19.9 Å². The number of nitrogens with zero attached hydrogens (tertiary/aromatic N) is 1. The maximum atomic E-state index is 12.3. The molecule has 8 nitrogen and oxygen atoms in total. The van der Waals surface area contributed by atoms with Gasteiger partial charge in [-0.1, -0.05) is 12.1 Å². The molecule has 1 N–H and O–H groups in total. The normalized spacial score (nSPS) is 17.1. The van der Waals surface area contributed by atoms with Crippen molar-refractivity contribution in [3.05, 3.63) is 60.1 Å². The second kappa shape index (κ2) is 8.29. The summed E-state index contributed by atoms with van der Waals surface area (Å²) in [5, 5.41) is 0. The zero-order valence-electron chi connectivity index (χ0n) is 14.9. The van der Waals surface area contributed by atoms with Crippen LogP contribution in [-0.4, -0.2) is 52.2 Å². The largest absolute Gasteiger partial charge is 0.468 e. The maximum absolute atomic E-state index is 12.3. The Hall–Kier alpha value is -2.43. The van der Waals surface area contributed by atoms with E-state index in [1.165, 1.54) is 29.4 Å². The molecule has 1 aromatic carbocycles. The summed E-state index contributed by atoms with van der Waals surface area (Å²) >= 11 is 0. The van der Waals surface area contributed by atoms with Crippen LogP contribution in [0.25, 0.3) is 6.08 Å². The SMILES string of the molecule is O=C(/C=C/c1ccc(S(=O)(=O)NCc2ccco2)cc1)N1CCS(=O)(=O)CC1. The Morgan fingerprint density at radius 3 is 2.43 bits per heavy atom. The highest BCUT2D eigenvalue weighted by molar-refractivity contribution is 7.91. The molecule has 2 aromatic rings. The number of hydrogen-bond acceptors (Lipinski definition) is 6. The van der Waals surface area contributed by atoms with Crippen molar-refractivity contribution < 1.29 is 26.0 Å². The van der Waals surface area contributed by atoms with Gasteiger partial charge in [-0.2, -0.15) is 0 Å². The van der Waals surface area contributed by atoms with Crippen LogP contribution in [0.3, 0.4) is 0 Å². The van der Waals surface area contributed by atoms with Crippen molar-refractivity contribution in [2.75, 3.05) is 24.6 Å². The Labute approximate surface area is 163 Å². The van der Waals surface area contributed by atoms with Gasteiger partial charge in [0.1, 0.15) is 5.76 Å². The monoisotopic (exact) mass is 424 g/mol. The number of carbonyl (C=O) groups is 1. The molecular formula is C18H20N2O6S2. The molecule has 0 saturated carbocycles. The number of benzene rings is 1. The van der Waals surface area contributed by atoms with Crippen molar-refractivity contribution >= 4 is 31.8 Å². The van der Waals surface area contributed by atoms with Gasteiger partial charge >= 0.3 is 0 Å². The minimum Gasteiger partial charge on any atom is -0.468 e. The molecule has 0 unspecified atom stereocenters. The number of sulfone groups is 1. The molecule has 2 heterocycles. The number of hydrogen-bond donors (Lipinski definition) is 1. The lowest BCUT2D eigenvalue weighted by Crippen LogP contribution is -2.43. The summed E-state index contributed by atoms with van der Waals surface area (Å²) in [4.78, 5) is 13.7. The van der Waals surface area contributed by atoms with Crippen molar-refractivity contribution in [3.8, 4) is 0 Å². The number of rotatable bonds is 6. The van der Waals surface area contributed by atoms with E-state index >= 15 is 0 Å². The quantitative estimate of drug-likeness (QED) is 0.693. The first-order valence-electron chi connectivity index (χ1n) is 8.55. The summed E-state index contributed by atoms with van der Waals surface area (Å²) < 4.78 is 54.9. The van der Waals surface area contributed by atoms with Gasteiger partial charge in [-0.05, 0) is 35.9 Å². The van der Waals surface area contributed by atoms with E-state index in [1.54, 1.807) is 30.3 Å².